The molecule has 0 aliphatic heterocycles. The van der Waals surface area contributed by atoms with Crippen molar-refractivity contribution in [2.75, 3.05) is 0 Å². The van der Waals surface area contributed by atoms with Gasteiger partial charge in [0.25, 0.3) is 0 Å². The SMILES string of the molecule is CC(C)(C)c1ccc(Cn2nnc(CO)c2C2CC2)cc1. The highest BCUT2D eigenvalue weighted by Crippen LogP contribution is 2.41. The lowest BCUT2D eigenvalue weighted by atomic mass is 9.87. The number of aliphatic hydroxyl groups excluding tert-OH is 1. The summed E-state index contributed by atoms with van der Waals surface area (Å²) in [4.78, 5) is 0. The number of benzene rings is 1. The third kappa shape index (κ3) is 3.00. The molecule has 1 aliphatic rings. The van der Waals surface area contributed by atoms with Gasteiger partial charge in [0.15, 0.2) is 0 Å². The Morgan fingerprint density at radius 3 is 2.38 bits per heavy atom. The van der Waals surface area contributed by atoms with Gasteiger partial charge in [0, 0.05) is 5.92 Å². The highest BCUT2D eigenvalue weighted by Gasteiger charge is 2.31. The molecule has 4 nitrogen and oxygen atoms in total. The van der Waals surface area contributed by atoms with Crippen molar-refractivity contribution in [1.82, 2.24) is 15.0 Å². The number of rotatable bonds is 4. The fourth-order valence-corrected chi connectivity index (χ4v) is 2.67. The molecule has 1 aromatic heterocycles. The summed E-state index contributed by atoms with van der Waals surface area (Å²) >= 11 is 0. The normalized spacial score (nSPS) is 15.4. The Kier molecular flexibility index (Phi) is 3.57. The van der Waals surface area contributed by atoms with Gasteiger partial charge in [0.2, 0.25) is 0 Å². The van der Waals surface area contributed by atoms with E-state index in [-0.39, 0.29) is 12.0 Å². The number of hydrogen-bond acceptors (Lipinski definition) is 3. The molecule has 1 fully saturated rings. The Morgan fingerprint density at radius 1 is 1.19 bits per heavy atom. The molecular formula is C17H23N3O. The average molecular weight is 285 g/mol. The van der Waals surface area contributed by atoms with E-state index in [4.69, 9.17) is 0 Å². The van der Waals surface area contributed by atoms with Gasteiger partial charge in [-0.1, -0.05) is 50.3 Å². The van der Waals surface area contributed by atoms with Gasteiger partial charge in [0.1, 0.15) is 5.69 Å². The quantitative estimate of drug-likeness (QED) is 0.939. The summed E-state index contributed by atoms with van der Waals surface area (Å²) in [5.74, 6) is 0.538. The van der Waals surface area contributed by atoms with Gasteiger partial charge < -0.3 is 5.11 Å². The summed E-state index contributed by atoms with van der Waals surface area (Å²) in [6, 6.07) is 8.71. The van der Waals surface area contributed by atoms with Crippen molar-refractivity contribution >= 4 is 0 Å². The molecule has 112 valence electrons. The van der Waals surface area contributed by atoms with E-state index < -0.39 is 0 Å². The van der Waals surface area contributed by atoms with Gasteiger partial charge in [0.05, 0.1) is 18.8 Å². The lowest BCUT2D eigenvalue weighted by molar-refractivity contribution is 0.275. The molecule has 4 heteroatoms. The minimum absolute atomic E-state index is 0.0191. The van der Waals surface area contributed by atoms with Crippen LogP contribution in [0.5, 0.6) is 0 Å². The lowest BCUT2D eigenvalue weighted by Crippen LogP contribution is -2.11. The first-order chi connectivity index (χ1) is 9.99. The van der Waals surface area contributed by atoms with E-state index in [2.05, 4.69) is 55.3 Å². The van der Waals surface area contributed by atoms with Crippen LogP contribution in [0.2, 0.25) is 0 Å². The maximum Gasteiger partial charge on any atom is 0.112 e. The molecule has 3 rings (SSSR count). The predicted molar refractivity (Wildman–Crippen MR) is 82.2 cm³/mol. The monoisotopic (exact) mass is 285 g/mol. The molecule has 0 unspecified atom stereocenters. The number of hydrogen-bond donors (Lipinski definition) is 1. The largest absolute Gasteiger partial charge is 0.390 e. The molecule has 0 atom stereocenters. The van der Waals surface area contributed by atoms with E-state index in [0.29, 0.717) is 5.92 Å². The molecule has 0 bridgehead atoms. The van der Waals surface area contributed by atoms with Crippen LogP contribution in [0.3, 0.4) is 0 Å². The fourth-order valence-electron chi connectivity index (χ4n) is 2.67. The zero-order chi connectivity index (χ0) is 15.0. The summed E-state index contributed by atoms with van der Waals surface area (Å²) in [5, 5.41) is 17.7. The van der Waals surface area contributed by atoms with E-state index in [1.54, 1.807) is 0 Å². The van der Waals surface area contributed by atoms with Crippen molar-refractivity contribution < 1.29 is 5.11 Å². The highest BCUT2D eigenvalue weighted by atomic mass is 16.3. The van der Waals surface area contributed by atoms with Crippen LogP contribution in [0.4, 0.5) is 0 Å². The molecule has 1 aliphatic carbocycles. The summed E-state index contributed by atoms with van der Waals surface area (Å²) in [6.45, 7) is 7.37. The Labute approximate surface area is 125 Å². The summed E-state index contributed by atoms with van der Waals surface area (Å²) < 4.78 is 1.95. The van der Waals surface area contributed by atoms with Gasteiger partial charge in [-0.2, -0.15) is 0 Å². The highest BCUT2D eigenvalue weighted by molar-refractivity contribution is 5.28. The van der Waals surface area contributed by atoms with Crippen molar-refractivity contribution in [3.63, 3.8) is 0 Å². The zero-order valence-corrected chi connectivity index (χ0v) is 13.0. The molecule has 1 aromatic carbocycles. The first-order valence-corrected chi connectivity index (χ1v) is 7.61. The Hall–Kier alpha value is -1.68. The molecular weight excluding hydrogens is 262 g/mol. The lowest BCUT2D eigenvalue weighted by Gasteiger charge is -2.19. The molecule has 2 aromatic rings. The van der Waals surface area contributed by atoms with E-state index in [1.807, 2.05) is 4.68 Å². The summed E-state index contributed by atoms with van der Waals surface area (Å²) in [6.07, 6.45) is 2.37. The van der Waals surface area contributed by atoms with Crippen molar-refractivity contribution in [2.24, 2.45) is 0 Å². The van der Waals surface area contributed by atoms with Crippen LogP contribution < -0.4 is 0 Å². The minimum atomic E-state index is -0.0191. The standard InChI is InChI=1S/C17H23N3O/c1-17(2,3)14-8-4-12(5-9-14)10-20-16(13-6-7-13)15(11-21)18-19-20/h4-5,8-9,13,21H,6-7,10-11H2,1-3H3. The van der Waals surface area contributed by atoms with Crippen LogP contribution in [-0.2, 0) is 18.6 Å². The molecule has 1 N–H and O–H groups in total. The second-order valence-electron chi connectivity index (χ2n) is 6.96. The van der Waals surface area contributed by atoms with Crippen LogP contribution in [0.25, 0.3) is 0 Å². The van der Waals surface area contributed by atoms with Crippen molar-refractivity contribution in [2.45, 2.75) is 58.1 Å². The summed E-state index contributed by atoms with van der Waals surface area (Å²) in [7, 11) is 0. The second-order valence-corrected chi connectivity index (χ2v) is 6.96. The van der Waals surface area contributed by atoms with Crippen LogP contribution in [0, 0.1) is 0 Å². The molecule has 1 heterocycles. The minimum Gasteiger partial charge on any atom is -0.390 e. The third-order valence-corrected chi connectivity index (χ3v) is 4.11. The topological polar surface area (TPSA) is 50.9 Å². The maximum absolute atomic E-state index is 9.38. The molecule has 0 radical (unpaired) electrons. The molecule has 0 spiro atoms. The maximum atomic E-state index is 9.38. The Balaban J connectivity index is 1.82. The van der Waals surface area contributed by atoms with Gasteiger partial charge in [-0.15, -0.1) is 5.10 Å². The first kappa shape index (κ1) is 14.3. The second kappa shape index (κ2) is 5.26. The van der Waals surface area contributed by atoms with Crippen molar-refractivity contribution in [3.05, 3.63) is 46.8 Å². The predicted octanol–water partition coefficient (Wildman–Crippen LogP) is 2.99. The molecule has 1 saturated carbocycles. The number of aromatic nitrogens is 3. The van der Waals surface area contributed by atoms with Crippen LogP contribution in [0.15, 0.2) is 24.3 Å². The van der Waals surface area contributed by atoms with E-state index >= 15 is 0 Å². The number of nitrogens with zero attached hydrogens (tertiary/aromatic N) is 3. The van der Waals surface area contributed by atoms with Crippen molar-refractivity contribution in [3.8, 4) is 0 Å². The Bertz CT molecular complexity index is 618. The van der Waals surface area contributed by atoms with Gasteiger partial charge in [-0.3, -0.25) is 0 Å². The average Bonchev–Trinajstić information content (AvgIpc) is 3.20. The van der Waals surface area contributed by atoms with Gasteiger partial charge in [-0.25, -0.2) is 4.68 Å². The third-order valence-electron chi connectivity index (χ3n) is 4.11. The van der Waals surface area contributed by atoms with E-state index in [0.717, 1.165) is 17.9 Å². The van der Waals surface area contributed by atoms with E-state index in [1.165, 1.54) is 24.0 Å². The van der Waals surface area contributed by atoms with Crippen molar-refractivity contribution in [1.29, 1.82) is 0 Å². The van der Waals surface area contributed by atoms with Crippen LogP contribution in [0.1, 0.15) is 62.0 Å². The zero-order valence-electron chi connectivity index (χ0n) is 13.0. The summed E-state index contributed by atoms with van der Waals surface area (Å²) in [5.41, 5.74) is 4.60. The molecule has 21 heavy (non-hydrogen) atoms. The smallest absolute Gasteiger partial charge is 0.112 e. The van der Waals surface area contributed by atoms with E-state index in [9.17, 15) is 5.11 Å². The molecule has 0 saturated heterocycles. The van der Waals surface area contributed by atoms with Gasteiger partial charge >= 0.3 is 0 Å². The molecule has 0 amide bonds. The van der Waals surface area contributed by atoms with Gasteiger partial charge in [-0.05, 0) is 29.4 Å². The first-order valence-electron chi connectivity index (χ1n) is 7.61. The fraction of sp³-hybridized carbons (Fsp3) is 0.529. The van der Waals surface area contributed by atoms with Crippen LogP contribution >= 0.6 is 0 Å². The Morgan fingerprint density at radius 2 is 1.86 bits per heavy atom. The van der Waals surface area contributed by atoms with Crippen LogP contribution in [-0.4, -0.2) is 20.1 Å². The number of aliphatic hydroxyl groups is 1.